The van der Waals surface area contributed by atoms with Gasteiger partial charge in [0, 0.05) is 38.8 Å². The minimum atomic E-state index is -5.14. The van der Waals surface area contributed by atoms with E-state index in [9.17, 15) is 27.6 Å². The lowest BCUT2D eigenvalue weighted by atomic mass is 10.0. The van der Waals surface area contributed by atoms with E-state index in [1.54, 1.807) is 54.6 Å². The van der Waals surface area contributed by atoms with Gasteiger partial charge in [-0.05, 0) is 29.8 Å². The minimum absolute atomic E-state index is 0.101. The van der Waals surface area contributed by atoms with E-state index in [1.807, 2.05) is 19.0 Å². The smallest absolute Gasteiger partial charge is 0.382 e. The lowest BCUT2D eigenvalue weighted by Gasteiger charge is -2.20. The highest BCUT2D eigenvalue weighted by atomic mass is 19.4. The van der Waals surface area contributed by atoms with Crippen LogP contribution in [0.2, 0.25) is 0 Å². The number of benzene rings is 2. The molecule has 1 amide bonds. The molecular weight excluding hydrogens is 475 g/mol. The summed E-state index contributed by atoms with van der Waals surface area (Å²) in [6, 6.07) is 13.2. The summed E-state index contributed by atoms with van der Waals surface area (Å²) in [5, 5.41) is 4.85. The van der Waals surface area contributed by atoms with Crippen LogP contribution in [0.15, 0.2) is 65.6 Å². The number of Topliss-reactive ketones (excluding diaryl/α,β-unsaturated/α-hetero) is 1. The Morgan fingerprint density at radius 3 is 2.25 bits per heavy atom. The Balaban J connectivity index is 1.93. The molecule has 0 bridgehead atoms. The normalized spacial score (nSPS) is 12.1. The fraction of sp³-hybridized carbons (Fsp3) is 0.280. The molecule has 0 radical (unpaired) electrons. The SMILES string of the molecule is CNc1cnc(-c2ccc(N(C)C)cc2)n(CC(=O)NC(Cc2ccccc2)C(=O)C(F)(F)F)c1=O. The van der Waals surface area contributed by atoms with Crippen molar-refractivity contribution in [1.82, 2.24) is 14.9 Å². The number of nitrogens with one attached hydrogen (secondary N) is 2. The zero-order valence-corrected chi connectivity index (χ0v) is 20.0. The zero-order chi connectivity index (χ0) is 26.5. The highest BCUT2D eigenvalue weighted by Gasteiger charge is 2.43. The van der Waals surface area contributed by atoms with Crippen molar-refractivity contribution in [2.75, 3.05) is 31.4 Å². The van der Waals surface area contributed by atoms with Gasteiger partial charge in [0.1, 0.15) is 24.1 Å². The third kappa shape index (κ3) is 6.29. The van der Waals surface area contributed by atoms with E-state index in [0.717, 1.165) is 10.3 Å². The molecule has 0 saturated heterocycles. The quantitative estimate of drug-likeness (QED) is 0.468. The predicted molar refractivity (Wildman–Crippen MR) is 131 cm³/mol. The molecule has 1 atom stereocenters. The molecule has 11 heteroatoms. The number of hydrogen-bond donors (Lipinski definition) is 2. The van der Waals surface area contributed by atoms with Gasteiger partial charge in [0.25, 0.3) is 11.3 Å². The van der Waals surface area contributed by atoms with E-state index < -0.39 is 36.0 Å². The lowest BCUT2D eigenvalue weighted by molar-refractivity contribution is -0.173. The van der Waals surface area contributed by atoms with E-state index in [0.29, 0.717) is 11.1 Å². The van der Waals surface area contributed by atoms with Crippen LogP contribution in [0.1, 0.15) is 5.56 Å². The first-order chi connectivity index (χ1) is 17.0. The molecule has 2 aromatic carbocycles. The number of nitrogens with zero attached hydrogens (tertiary/aromatic N) is 3. The molecule has 0 fully saturated rings. The number of anilines is 2. The summed E-state index contributed by atoms with van der Waals surface area (Å²) >= 11 is 0. The van der Waals surface area contributed by atoms with Crippen molar-refractivity contribution in [3.05, 3.63) is 76.7 Å². The van der Waals surface area contributed by atoms with Gasteiger partial charge in [0.15, 0.2) is 0 Å². The van der Waals surface area contributed by atoms with Crippen LogP contribution in [-0.2, 0) is 22.6 Å². The van der Waals surface area contributed by atoms with Crippen molar-refractivity contribution in [1.29, 1.82) is 0 Å². The van der Waals surface area contributed by atoms with E-state index in [-0.39, 0.29) is 17.9 Å². The minimum Gasteiger partial charge on any atom is -0.382 e. The molecule has 0 aliphatic rings. The molecule has 3 rings (SSSR count). The predicted octanol–water partition coefficient (Wildman–Crippen LogP) is 2.88. The molecule has 8 nitrogen and oxygen atoms in total. The Morgan fingerprint density at radius 1 is 1.06 bits per heavy atom. The molecule has 1 aromatic heterocycles. The fourth-order valence-corrected chi connectivity index (χ4v) is 3.59. The van der Waals surface area contributed by atoms with E-state index in [4.69, 9.17) is 0 Å². The van der Waals surface area contributed by atoms with Gasteiger partial charge in [-0.1, -0.05) is 30.3 Å². The topological polar surface area (TPSA) is 96.3 Å². The highest BCUT2D eigenvalue weighted by molar-refractivity contribution is 5.93. The highest BCUT2D eigenvalue weighted by Crippen LogP contribution is 2.22. The van der Waals surface area contributed by atoms with Crippen LogP contribution in [0.5, 0.6) is 0 Å². The number of aromatic nitrogens is 2. The van der Waals surface area contributed by atoms with Gasteiger partial charge >= 0.3 is 6.18 Å². The van der Waals surface area contributed by atoms with Gasteiger partial charge in [-0.3, -0.25) is 19.0 Å². The lowest BCUT2D eigenvalue weighted by Crippen LogP contribution is -2.49. The van der Waals surface area contributed by atoms with Crippen molar-refractivity contribution in [3.8, 4) is 11.4 Å². The summed E-state index contributed by atoms with van der Waals surface area (Å²) in [6.45, 7) is -0.636. The number of hydrogen-bond acceptors (Lipinski definition) is 6. The van der Waals surface area contributed by atoms with Gasteiger partial charge in [-0.2, -0.15) is 13.2 Å². The van der Waals surface area contributed by atoms with Gasteiger partial charge in [0.05, 0.1) is 6.20 Å². The van der Waals surface area contributed by atoms with Crippen molar-refractivity contribution >= 4 is 23.1 Å². The number of rotatable bonds is 9. The number of alkyl halides is 3. The number of carbonyl (C=O) groups excluding carboxylic acids is 2. The molecule has 2 N–H and O–H groups in total. The van der Waals surface area contributed by atoms with Crippen LogP contribution < -0.4 is 21.1 Å². The van der Waals surface area contributed by atoms with Crippen LogP contribution in [0.25, 0.3) is 11.4 Å². The second kappa shape index (κ2) is 11.1. The second-order valence-electron chi connectivity index (χ2n) is 8.25. The molecule has 190 valence electrons. The van der Waals surface area contributed by atoms with Crippen LogP contribution in [-0.4, -0.2) is 54.6 Å². The summed E-state index contributed by atoms with van der Waals surface area (Å²) in [7, 11) is 5.24. The maximum absolute atomic E-state index is 13.2. The number of amides is 1. The number of halogens is 3. The van der Waals surface area contributed by atoms with Crippen molar-refractivity contribution < 1.29 is 22.8 Å². The molecule has 0 aliphatic heterocycles. The first-order valence-electron chi connectivity index (χ1n) is 11.0. The van der Waals surface area contributed by atoms with Crippen molar-refractivity contribution in [2.24, 2.45) is 0 Å². The molecule has 3 aromatic rings. The van der Waals surface area contributed by atoms with Crippen LogP contribution in [0, 0.1) is 0 Å². The average molecular weight is 502 g/mol. The molecule has 0 aliphatic carbocycles. The average Bonchev–Trinajstić information content (AvgIpc) is 2.84. The van der Waals surface area contributed by atoms with Crippen molar-refractivity contribution in [3.63, 3.8) is 0 Å². The molecule has 1 heterocycles. The summed E-state index contributed by atoms with van der Waals surface area (Å²) < 4.78 is 40.8. The summed E-state index contributed by atoms with van der Waals surface area (Å²) in [5.74, 6) is -2.85. The summed E-state index contributed by atoms with van der Waals surface area (Å²) in [5.41, 5.74) is 1.38. The molecule has 1 unspecified atom stereocenters. The largest absolute Gasteiger partial charge is 0.452 e. The Morgan fingerprint density at radius 2 is 1.69 bits per heavy atom. The van der Waals surface area contributed by atoms with Gasteiger partial charge < -0.3 is 15.5 Å². The van der Waals surface area contributed by atoms with Crippen LogP contribution >= 0.6 is 0 Å². The summed E-state index contributed by atoms with van der Waals surface area (Å²) in [4.78, 5) is 44.1. The van der Waals surface area contributed by atoms with E-state index in [2.05, 4.69) is 15.6 Å². The Bertz CT molecular complexity index is 1270. The maximum atomic E-state index is 13.2. The third-order valence-corrected chi connectivity index (χ3v) is 5.47. The Hall–Kier alpha value is -4.15. The Labute approximate surface area is 205 Å². The molecule has 0 saturated carbocycles. The Kier molecular flexibility index (Phi) is 8.13. The first kappa shape index (κ1) is 26.5. The number of ketones is 1. The van der Waals surface area contributed by atoms with E-state index >= 15 is 0 Å². The van der Waals surface area contributed by atoms with Crippen LogP contribution in [0.3, 0.4) is 0 Å². The first-order valence-corrected chi connectivity index (χ1v) is 11.0. The maximum Gasteiger partial charge on any atom is 0.452 e. The summed E-state index contributed by atoms with van der Waals surface area (Å²) in [6.07, 6.45) is -4.18. The molecule has 0 spiro atoms. The van der Waals surface area contributed by atoms with Gasteiger partial charge in [-0.25, -0.2) is 4.98 Å². The third-order valence-electron chi connectivity index (χ3n) is 5.47. The van der Waals surface area contributed by atoms with Crippen LogP contribution in [0.4, 0.5) is 24.5 Å². The second-order valence-corrected chi connectivity index (χ2v) is 8.25. The van der Waals surface area contributed by atoms with E-state index in [1.165, 1.54) is 13.2 Å². The molecule has 36 heavy (non-hydrogen) atoms. The zero-order valence-electron chi connectivity index (χ0n) is 20.0. The monoisotopic (exact) mass is 501 g/mol. The standard InChI is InChI=1S/C25H26F3N5O3/c1-29-20-14-30-23(17-9-11-18(12-10-17)32(2)3)33(24(20)36)15-21(34)31-19(22(35)25(26,27)28)13-16-7-5-4-6-8-16/h4-12,14,19,29H,13,15H2,1-3H3,(H,31,34). The fourth-order valence-electron chi connectivity index (χ4n) is 3.59. The molecular formula is C25H26F3N5O3. The number of carbonyl (C=O) groups is 2. The van der Waals surface area contributed by atoms with Gasteiger partial charge in [0.2, 0.25) is 5.91 Å². The van der Waals surface area contributed by atoms with Crippen molar-refractivity contribution in [2.45, 2.75) is 25.2 Å². The van der Waals surface area contributed by atoms with Gasteiger partial charge in [-0.15, -0.1) is 0 Å².